The number of rotatable bonds is 5. The lowest BCUT2D eigenvalue weighted by atomic mass is 10.0. The first-order chi connectivity index (χ1) is 9.08. The number of H-pyrrole nitrogens is 1. The van der Waals surface area contributed by atoms with E-state index in [0.29, 0.717) is 6.42 Å². The van der Waals surface area contributed by atoms with Crippen molar-refractivity contribution >= 4 is 11.9 Å². The van der Waals surface area contributed by atoms with Gasteiger partial charge in [0.1, 0.15) is 0 Å². The predicted octanol–water partition coefficient (Wildman–Crippen LogP) is 2.18. The minimum Gasteiger partial charge on any atom is -0.481 e. The van der Waals surface area contributed by atoms with Gasteiger partial charge in [0.05, 0.1) is 6.04 Å². The zero-order chi connectivity index (χ0) is 13.8. The first-order valence-corrected chi connectivity index (χ1v) is 6.72. The van der Waals surface area contributed by atoms with E-state index in [1.165, 1.54) is 0 Å². The van der Waals surface area contributed by atoms with E-state index < -0.39 is 5.97 Å². The molecular weight excluding hydrogens is 244 g/mol. The Bertz CT molecular complexity index is 442. The van der Waals surface area contributed by atoms with Gasteiger partial charge < -0.3 is 15.0 Å². The van der Waals surface area contributed by atoms with E-state index in [1.807, 2.05) is 30.2 Å². The van der Waals surface area contributed by atoms with Crippen molar-refractivity contribution in [2.45, 2.75) is 38.6 Å². The molecule has 5 nitrogen and oxygen atoms in total. The molecule has 0 radical (unpaired) electrons. The van der Waals surface area contributed by atoms with E-state index in [-0.39, 0.29) is 24.3 Å². The molecule has 5 heteroatoms. The number of carboxylic acid groups (broad SMARTS) is 1. The molecule has 2 rings (SSSR count). The van der Waals surface area contributed by atoms with Crippen molar-refractivity contribution in [2.24, 2.45) is 5.92 Å². The Hall–Kier alpha value is -1.78. The topological polar surface area (TPSA) is 73.4 Å². The lowest BCUT2D eigenvalue weighted by Crippen LogP contribution is -2.32. The van der Waals surface area contributed by atoms with E-state index >= 15 is 0 Å². The molecule has 0 spiro atoms. The number of amides is 1. The molecule has 1 aromatic heterocycles. The molecule has 1 aliphatic rings. The van der Waals surface area contributed by atoms with Crippen molar-refractivity contribution in [1.82, 2.24) is 9.88 Å². The van der Waals surface area contributed by atoms with E-state index in [2.05, 4.69) is 4.98 Å². The highest BCUT2D eigenvalue weighted by Crippen LogP contribution is 2.31. The number of aliphatic carboxylic acids is 1. The van der Waals surface area contributed by atoms with Gasteiger partial charge in [-0.3, -0.25) is 9.59 Å². The van der Waals surface area contributed by atoms with Gasteiger partial charge in [0.2, 0.25) is 5.91 Å². The lowest BCUT2D eigenvalue weighted by Gasteiger charge is -2.25. The predicted molar refractivity (Wildman–Crippen MR) is 70.5 cm³/mol. The third-order valence-electron chi connectivity index (χ3n) is 3.60. The number of carboxylic acids is 1. The maximum atomic E-state index is 12.3. The summed E-state index contributed by atoms with van der Waals surface area (Å²) < 4.78 is 0. The van der Waals surface area contributed by atoms with Crippen molar-refractivity contribution in [3.8, 4) is 0 Å². The second kappa shape index (κ2) is 5.91. The summed E-state index contributed by atoms with van der Waals surface area (Å²) in [6, 6.07) is 4.06. The van der Waals surface area contributed by atoms with Crippen molar-refractivity contribution in [1.29, 1.82) is 0 Å². The van der Waals surface area contributed by atoms with Gasteiger partial charge in [0.15, 0.2) is 0 Å². The monoisotopic (exact) mass is 264 g/mol. The molecule has 1 aromatic rings. The number of aromatic amines is 1. The minimum absolute atomic E-state index is 0.0484. The van der Waals surface area contributed by atoms with Crippen molar-refractivity contribution in [2.75, 3.05) is 6.54 Å². The summed E-state index contributed by atoms with van der Waals surface area (Å²) in [4.78, 5) is 27.9. The summed E-state index contributed by atoms with van der Waals surface area (Å²) in [6.07, 6.45) is 4.20. The molecule has 104 valence electrons. The van der Waals surface area contributed by atoms with Crippen LogP contribution < -0.4 is 0 Å². The molecule has 2 heterocycles. The van der Waals surface area contributed by atoms with E-state index in [9.17, 15) is 9.59 Å². The van der Waals surface area contributed by atoms with Gasteiger partial charge in [-0.1, -0.05) is 6.92 Å². The van der Waals surface area contributed by atoms with Crippen LogP contribution in [0, 0.1) is 5.92 Å². The highest BCUT2D eigenvalue weighted by molar-refractivity contribution is 5.78. The Labute approximate surface area is 112 Å². The number of aromatic nitrogens is 1. The van der Waals surface area contributed by atoms with Crippen LogP contribution >= 0.6 is 0 Å². The largest absolute Gasteiger partial charge is 0.481 e. The molecule has 1 saturated heterocycles. The zero-order valence-corrected chi connectivity index (χ0v) is 11.1. The van der Waals surface area contributed by atoms with E-state index in [4.69, 9.17) is 5.11 Å². The first-order valence-electron chi connectivity index (χ1n) is 6.72. The summed E-state index contributed by atoms with van der Waals surface area (Å²) in [5.74, 6) is -0.900. The van der Waals surface area contributed by atoms with Crippen LogP contribution in [0.15, 0.2) is 18.3 Å². The second-order valence-corrected chi connectivity index (χ2v) is 5.28. The van der Waals surface area contributed by atoms with Gasteiger partial charge in [-0.2, -0.15) is 0 Å². The van der Waals surface area contributed by atoms with E-state index in [0.717, 1.165) is 25.1 Å². The fraction of sp³-hybridized carbons (Fsp3) is 0.571. The number of nitrogens with zero attached hydrogens (tertiary/aromatic N) is 1. The van der Waals surface area contributed by atoms with E-state index in [1.54, 1.807) is 0 Å². The number of hydrogen-bond donors (Lipinski definition) is 2. The summed E-state index contributed by atoms with van der Waals surface area (Å²) in [5, 5.41) is 8.73. The fourth-order valence-electron chi connectivity index (χ4n) is 2.73. The molecule has 0 aliphatic carbocycles. The number of carbonyl (C=O) groups excluding carboxylic acids is 1. The van der Waals surface area contributed by atoms with Crippen LogP contribution in [0.1, 0.15) is 44.3 Å². The number of likely N-dealkylation sites (tertiary alicyclic amines) is 1. The number of carbonyl (C=O) groups is 2. The van der Waals surface area contributed by atoms with Gasteiger partial charge in [-0.05, 0) is 30.9 Å². The average Bonchev–Trinajstić information content (AvgIpc) is 2.98. The summed E-state index contributed by atoms with van der Waals surface area (Å²) >= 11 is 0. The molecule has 19 heavy (non-hydrogen) atoms. The normalized spacial score (nSPS) is 20.5. The zero-order valence-electron chi connectivity index (χ0n) is 11.1. The quantitative estimate of drug-likeness (QED) is 0.856. The van der Waals surface area contributed by atoms with Crippen LogP contribution in [-0.2, 0) is 9.59 Å². The first kappa shape index (κ1) is 13.6. The standard InChI is InChI=1S/C14H20N2O3/c1-10(9-14(18)19)8-13(17)16-7-3-5-12(16)11-4-2-6-15-11/h2,4,6,10,12,15H,3,5,7-9H2,1H3,(H,18,19). The highest BCUT2D eigenvalue weighted by atomic mass is 16.4. The molecule has 0 aromatic carbocycles. The Balaban J connectivity index is 1.96. The van der Waals surface area contributed by atoms with Gasteiger partial charge in [-0.25, -0.2) is 0 Å². The molecule has 1 aliphatic heterocycles. The maximum Gasteiger partial charge on any atom is 0.303 e. The van der Waals surface area contributed by atoms with Crippen molar-refractivity contribution in [3.63, 3.8) is 0 Å². The molecule has 2 N–H and O–H groups in total. The van der Waals surface area contributed by atoms with Gasteiger partial charge >= 0.3 is 5.97 Å². The molecule has 0 bridgehead atoms. The Morgan fingerprint density at radius 2 is 2.32 bits per heavy atom. The molecule has 2 unspecified atom stereocenters. The number of hydrogen-bond acceptors (Lipinski definition) is 2. The maximum absolute atomic E-state index is 12.3. The highest BCUT2D eigenvalue weighted by Gasteiger charge is 2.31. The molecule has 1 amide bonds. The van der Waals surface area contributed by atoms with Gasteiger partial charge in [0, 0.05) is 31.3 Å². The van der Waals surface area contributed by atoms with Gasteiger partial charge in [-0.15, -0.1) is 0 Å². The third kappa shape index (κ3) is 3.36. The molecular formula is C14H20N2O3. The Kier molecular flexibility index (Phi) is 4.24. The van der Waals surface area contributed by atoms with Crippen molar-refractivity contribution in [3.05, 3.63) is 24.0 Å². The molecule has 1 fully saturated rings. The summed E-state index contributed by atoms with van der Waals surface area (Å²) in [7, 11) is 0. The molecule has 2 atom stereocenters. The van der Waals surface area contributed by atoms with Crippen LogP contribution in [0.25, 0.3) is 0 Å². The Morgan fingerprint density at radius 1 is 1.53 bits per heavy atom. The van der Waals surface area contributed by atoms with Gasteiger partial charge in [0.25, 0.3) is 0 Å². The van der Waals surface area contributed by atoms with Crippen LogP contribution in [0.5, 0.6) is 0 Å². The smallest absolute Gasteiger partial charge is 0.303 e. The number of nitrogens with one attached hydrogen (secondary N) is 1. The van der Waals surface area contributed by atoms with Crippen LogP contribution in [0.3, 0.4) is 0 Å². The summed E-state index contributed by atoms with van der Waals surface area (Å²) in [6.45, 7) is 2.58. The van der Waals surface area contributed by atoms with Crippen LogP contribution in [0.2, 0.25) is 0 Å². The molecule has 0 saturated carbocycles. The summed E-state index contributed by atoms with van der Waals surface area (Å²) in [5.41, 5.74) is 1.07. The fourth-order valence-corrected chi connectivity index (χ4v) is 2.73. The van der Waals surface area contributed by atoms with Crippen LogP contribution in [-0.4, -0.2) is 33.4 Å². The minimum atomic E-state index is -0.845. The second-order valence-electron chi connectivity index (χ2n) is 5.28. The third-order valence-corrected chi connectivity index (χ3v) is 3.60. The Morgan fingerprint density at radius 3 is 2.95 bits per heavy atom. The van der Waals surface area contributed by atoms with Crippen molar-refractivity contribution < 1.29 is 14.7 Å². The average molecular weight is 264 g/mol. The SMILES string of the molecule is CC(CC(=O)O)CC(=O)N1CCCC1c1ccc[nH]1. The lowest BCUT2D eigenvalue weighted by molar-refractivity contribution is -0.138. The van der Waals surface area contributed by atoms with Crippen LogP contribution in [0.4, 0.5) is 0 Å².